The quantitative estimate of drug-likeness (QED) is 0.588. The minimum absolute atomic E-state index is 0.234. The first-order chi connectivity index (χ1) is 15.7. The van der Waals surface area contributed by atoms with Gasteiger partial charge in [0, 0.05) is 37.1 Å². The highest BCUT2D eigenvalue weighted by Gasteiger charge is 2.30. The van der Waals surface area contributed by atoms with E-state index in [9.17, 15) is 5.11 Å². The van der Waals surface area contributed by atoms with E-state index < -0.39 is 0 Å². The number of hydrogen-bond acceptors (Lipinski definition) is 6. The number of morpholine rings is 1. The Kier molecular flexibility index (Phi) is 6.03. The summed E-state index contributed by atoms with van der Waals surface area (Å²) in [6, 6.07) is 18.6. The second-order valence-electron chi connectivity index (χ2n) is 8.03. The van der Waals surface area contributed by atoms with E-state index in [1.807, 2.05) is 28.5 Å². The van der Waals surface area contributed by atoms with Crippen LogP contribution in [-0.2, 0) is 4.74 Å². The summed E-state index contributed by atoms with van der Waals surface area (Å²) in [5.74, 6) is 0.591. The number of hydrogen-bond donors (Lipinski definition) is 2. The molecule has 0 bridgehead atoms. The number of aliphatic hydroxyl groups excluding tert-OH is 1. The Morgan fingerprint density at radius 2 is 1.62 bits per heavy atom. The minimum atomic E-state index is 0.234. The van der Waals surface area contributed by atoms with Gasteiger partial charge in [0.1, 0.15) is 16.6 Å². The molecular formula is C25H26N4O2S. The Bertz CT molecular complexity index is 1120. The Hall–Kier alpha value is -3.00. The average molecular weight is 447 g/mol. The van der Waals surface area contributed by atoms with Crippen molar-refractivity contribution in [2.75, 3.05) is 45.9 Å². The first kappa shape index (κ1) is 20.9. The number of amidine groups is 1. The summed E-state index contributed by atoms with van der Waals surface area (Å²) < 4.78 is 5.40. The van der Waals surface area contributed by atoms with Crippen LogP contribution in [0.15, 0.2) is 65.7 Å². The van der Waals surface area contributed by atoms with E-state index in [1.165, 1.54) is 22.5 Å². The minimum Gasteiger partial charge on any atom is -0.510 e. The third kappa shape index (κ3) is 4.32. The zero-order valence-electron chi connectivity index (χ0n) is 17.8. The number of thiazole rings is 1. The van der Waals surface area contributed by atoms with Crippen LogP contribution in [0.3, 0.4) is 0 Å². The predicted octanol–water partition coefficient (Wildman–Crippen LogP) is 4.37. The number of aromatic nitrogens is 1. The van der Waals surface area contributed by atoms with Gasteiger partial charge in [0.15, 0.2) is 0 Å². The van der Waals surface area contributed by atoms with Crippen LogP contribution in [0.2, 0.25) is 0 Å². The van der Waals surface area contributed by atoms with Crippen molar-refractivity contribution >= 4 is 22.7 Å². The normalized spacial score (nSPS) is 17.4. The summed E-state index contributed by atoms with van der Waals surface area (Å²) >= 11 is 1.47. The highest BCUT2D eigenvalue weighted by Crippen LogP contribution is 2.32. The number of rotatable bonds is 6. The van der Waals surface area contributed by atoms with Gasteiger partial charge in [0.2, 0.25) is 0 Å². The molecule has 5 rings (SSSR count). The van der Waals surface area contributed by atoms with Gasteiger partial charge in [-0.3, -0.25) is 10.3 Å². The van der Waals surface area contributed by atoms with Crippen molar-refractivity contribution in [1.82, 2.24) is 14.8 Å². The maximum Gasteiger partial charge on any atom is 0.135 e. The van der Waals surface area contributed by atoms with Gasteiger partial charge in [-0.15, -0.1) is 11.3 Å². The van der Waals surface area contributed by atoms with Crippen LogP contribution in [0.1, 0.15) is 5.01 Å². The second-order valence-corrected chi connectivity index (χ2v) is 8.89. The van der Waals surface area contributed by atoms with Crippen LogP contribution in [0.4, 0.5) is 0 Å². The Labute approximate surface area is 191 Å². The maximum atomic E-state index is 10.6. The molecule has 32 heavy (non-hydrogen) atoms. The summed E-state index contributed by atoms with van der Waals surface area (Å²) in [4.78, 5) is 9.02. The van der Waals surface area contributed by atoms with Gasteiger partial charge in [0.25, 0.3) is 0 Å². The van der Waals surface area contributed by atoms with Crippen molar-refractivity contribution in [1.29, 1.82) is 5.41 Å². The number of benzene rings is 2. The van der Waals surface area contributed by atoms with Crippen LogP contribution >= 0.6 is 11.3 Å². The van der Waals surface area contributed by atoms with Crippen molar-refractivity contribution in [2.24, 2.45) is 0 Å². The summed E-state index contributed by atoms with van der Waals surface area (Å²) in [5.41, 5.74) is 4.80. The molecular weight excluding hydrogens is 420 g/mol. The average Bonchev–Trinajstić information content (AvgIpc) is 3.43. The lowest BCUT2D eigenvalue weighted by Gasteiger charge is -2.29. The molecule has 1 aromatic heterocycles. The van der Waals surface area contributed by atoms with Crippen LogP contribution in [0, 0.1) is 5.41 Å². The molecule has 0 aliphatic carbocycles. The molecule has 1 saturated heterocycles. The smallest absolute Gasteiger partial charge is 0.135 e. The van der Waals surface area contributed by atoms with Crippen LogP contribution in [-0.4, -0.2) is 71.7 Å². The van der Waals surface area contributed by atoms with E-state index in [0.717, 1.165) is 44.1 Å². The Morgan fingerprint density at radius 1 is 0.938 bits per heavy atom. The lowest BCUT2D eigenvalue weighted by Crippen LogP contribution is -2.42. The van der Waals surface area contributed by atoms with Crippen molar-refractivity contribution in [3.8, 4) is 22.4 Å². The molecule has 3 aromatic rings. The fraction of sp³-hybridized carbons (Fsp3) is 0.280. The summed E-state index contributed by atoms with van der Waals surface area (Å²) in [6.07, 6.45) is 0. The fourth-order valence-corrected chi connectivity index (χ4v) is 5.02. The molecule has 1 fully saturated rings. The summed E-state index contributed by atoms with van der Waals surface area (Å²) in [6.45, 7) is 5.33. The highest BCUT2D eigenvalue weighted by molar-refractivity contribution is 7.11. The van der Waals surface area contributed by atoms with Crippen molar-refractivity contribution in [2.45, 2.75) is 0 Å². The molecule has 2 N–H and O–H groups in total. The van der Waals surface area contributed by atoms with Crippen molar-refractivity contribution in [3.63, 3.8) is 0 Å². The molecule has 2 aromatic carbocycles. The van der Waals surface area contributed by atoms with Gasteiger partial charge in [-0.25, -0.2) is 4.98 Å². The second kappa shape index (κ2) is 9.24. The molecule has 0 saturated carbocycles. The van der Waals surface area contributed by atoms with Gasteiger partial charge in [-0.05, 0) is 11.1 Å². The van der Waals surface area contributed by atoms with E-state index in [0.29, 0.717) is 29.5 Å². The fourth-order valence-electron chi connectivity index (χ4n) is 4.12. The van der Waals surface area contributed by atoms with E-state index in [2.05, 4.69) is 41.3 Å². The van der Waals surface area contributed by atoms with Gasteiger partial charge < -0.3 is 14.7 Å². The molecule has 3 heterocycles. The number of ether oxygens (including phenoxy) is 1. The molecule has 0 unspecified atom stereocenters. The third-order valence-electron chi connectivity index (χ3n) is 5.98. The zero-order chi connectivity index (χ0) is 21.9. The maximum absolute atomic E-state index is 10.6. The predicted molar refractivity (Wildman–Crippen MR) is 129 cm³/mol. The van der Waals surface area contributed by atoms with Crippen molar-refractivity contribution in [3.05, 3.63) is 70.7 Å². The van der Waals surface area contributed by atoms with E-state index in [4.69, 9.17) is 15.1 Å². The summed E-state index contributed by atoms with van der Waals surface area (Å²) in [5, 5.41) is 21.9. The standard InChI is InChI=1S/C25H26N4O2S/c26-24-23(22(30)16-29(24)11-10-28-12-14-31-15-13-28)25-27-21(17-32-25)20-8-6-19(7-9-20)18-4-2-1-3-5-18/h1-9,17,26,30H,10-16H2. The van der Waals surface area contributed by atoms with Crippen molar-refractivity contribution < 1.29 is 9.84 Å². The van der Waals surface area contributed by atoms with Gasteiger partial charge in [-0.1, -0.05) is 54.6 Å². The molecule has 164 valence electrons. The van der Waals surface area contributed by atoms with Gasteiger partial charge >= 0.3 is 0 Å². The van der Waals surface area contributed by atoms with Crippen LogP contribution < -0.4 is 0 Å². The molecule has 2 aliphatic rings. The number of aliphatic hydroxyl groups is 1. The Morgan fingerprint density at radius 3 is 2.38 bits per heavy atom. The molecule has 0 amide bonds. The summed E-state index contributed by atoms with van der Waals surface area (Å²) in [7, 11) is 0. The SMILES string of the molecule is N=C1C(c2nc(-c3ccc(-c4ccccc4)cc3)cs2)=C(O)CN1CCN1CCOCC1. The highest BCUT2D eigenvalue weighted by atomic mass is 32.1. The first-order valence-electron chi connectivity index (χ1n) is 10.9. The zero-order valence-corrected chi connectivity index (χ0v) is 18.6. The van der Waals surface area contributed by atoms with Gasteiger partial charge in [0.05, 0.1) is 31.0 Å². The molecule has 0 radical (unpaired) electrons. The topological polar surface area (TPSA) is 72.7 Å². The number of nitrogens with zero attached hydrogens (tertiary/aromatic N) is 3. The van der Waals surface area contributed by atoms with Crippen LogP contribution in [0.25, 0.3) is 28.0 Å². The lowest BCUT2D eigenvalue weighted by atomic mass is 10.0. The largest absolute Gasteiger partial charge is 0.510 e. The number of nitrogens with one attached hydrogen (secondary N) is 1. The molecule has 0 atom stereocenters. The first-order valence-corrected chi connectivity index (χ1v) is 11.7. The van der Waals surface area contributed by atoms with Crippen LogP contribution in [0.5, 0.6) is 0 Å². The van der Waals surface area contributed by atoms with Gasteiger partial charge in [-0.2, -0.15) is 0 Å². The molecule has 0 spiro atoms. The third-order valence-corrected chi connectivity index (χ3v) is 6.84. The van der Waals surface area contributed by atoms with E-state index in [1.54, 1.807) is 0 Å². The molecule has 2 aliphatic heterocycles. The lowest BCUT2D eigenvalue weighted by molar-refractivity contribution is 0.0361. The molecule has 6 nitrogen and oxygen atoms in total. The molecule has 7 heteroatoms. The van der Waals surface area contributed by atoms with E-state index >= 15 is 0 Å². The van der Waals surface area contributed by atoms with E-state index in [-0.39, 0.29) is 5.76 Å². The Balaban J connectivity index is 1.27. The monoisotopic (exact) mass is 446 g/mol.